The molecule has 1 aliphatic carbocycles. The van der Waals surface area contributed by atoms with Gasteiger partial charge in [-0.2, -0.15) is 0 Å². The van der Waals surface area contributed by atoms with Crippen LogP contribution in [-0.2, 0) is 17.8 Å². The number of hydrogen-bond donors (Lipinski definition) is 1. The zero-order valence-corrected chi connectivity index (χ0v) is 14.7. The molecule has 1 N–H and O–H groups in total. The molecule has 4 rings (SSSR count). The van der Waals surface area contributed by atoms with Crippen LogP contribution in [0.3, 0.4) is 0 Å². The number of amides is 1. The van der Waals surface area contributed by atoms with E-state index in [-0.39, 0.29) is 11.8 Å². The zero-order chi connectivity index (χ0) is 17.8. The summed E-state index contributed by atoms with van der Waals surface area (Å²) in [6.07, 6.45) is 6.69. The van der Waals surface area contributed by atoms with Crippen LogP contribution in [0.2, 0.25) is 0 Å². The largest absolute Gasteiger partial charge is 0.351 e. The van der Waals surface area contributed by atoms with Crippen LogP contribution in [0.4, 0.5) is 0 Å². The predicted octanol–water partition coefficient (Wildman–Crippen LogP) is 4.48. The van der Waals surface area contributed by atoms with E-state index in [9.17, 15) is 4.79 Å². The molecule has 1 atom stereocenters. The number of fused-ring (bicyclic) bond motifs is 1. The Hall–Kier alpha value is -2.94. The lowest BCUT2D eigenvalue weighted by molar-refractivity contribution is -0.123. The molecule has 3 heteroatoms. The van der Waals surface area contributed by atoms with Crippen molar-refractivity contribution in [2.45, 2.75) is 31.7 Å². The van der Waals surface area contributed by atoms with Crippen molar-refractivity contribution in [3.05, 3.63) is 89.7 Å². The van der Waals surface area contributed by atoms with Crippen molar-refractivity contribution >= 4 is 5.91 Å². The Morgan fingerprint density at radius 3 is 2.50 bits per heavy atom. The van der Waals surface area contributed by atoms with Gasteiger partial charge >= 0.3 is 0 Å². The number of aryl methyl sites for hydroxylation is 1. The molecule has 1 unspecified atom stereocenters. The van der Waals surface area contributed by atoms with E-state index in [1.807, 2.05) is 18.2 Å². The number of aromatic nitrogens is 1. The summed E-state index contributed by atoms with van der Waals surface area (Å²) in [6, 6.07) is 20.7. The Balaban J connectivity index is 1.41. The molecule has 1 aliphatic rings. The molecule has 0 radical (unpaired) electrons. The molecule has 130 valence electrons. The maximum atomic E-state index is 12.7. The Bertz CT molecular complexity index is 888. The van der Waals surface area contributed by atoms with Crippen molar-refractivity contribution < 1.29 is 4.79 Å². The second-order valence-corrected chi connectivity index (χ2v) is 6.79. The van der Waals surface area contributed by atoms with Crippen LogP contribution in [0.25, 0.3) is 11.1 Å². The van der Waals surface area contributed by atoms with Crippen molar-refractivity contribution in [1.82, 2.24) is 10.3 Å². The van der Waals surface area contributed by atoms with Gasteiger partial charge in [0.05, 0.1) is 5.92 Å². The average Bonchev–Trinajstić information content (AvgIpc) is 2.72. The molecule has 2 aromatic carbocycles. The van der Waals surface area contributed by atoms with Crippen LogP contribution >= 0.6 is 0 Å². The first-order valence-electron chi connectivity index (χ1n) is 9.16. The highest BCUT2D eigenvalue weighted by molar-refractivity contribution is 5.84. The van der Waals surface area contributed by atoms with Crippen LogP contribution in [0, 0.1) is 0 Å². The summed E-state index contributed by atoms with van der Waals surface area (Å²) in [5.74, 6) is 0.117. The van der Waals surface area contributed by atoms with Gasteiger partial charge in [-0.3, -0.25) is 9.78 Å². The zero-order valence-electron chi connectivity index (χ0n) is 14.7. The first-order valence-corrected chi connectivity index (χ1v) is 9.16. The van der Waals surface area contributed by atoms with Gasteiger partial charge in [0.15, 0.2) is 0 Å². The van der Waals surface area contributed by atoms with E-state index in [4.69, 9.17) is 0 Å². The molecule has 26 heavy (non-hydrogen) atoms. The lowest BCUT2D eigenvalue weighted by atomic mass is 9.82. The Labute approximate surface area is 154 Å². The summed E-state index contributed by atoms with van der Waals surface area (Å²) in [5, 5.41) is 3.12. The van der Waals surface area contributed by atoms with E-state index < -0.39 is 0 Å². The third-order valence-electron chi connectivity index (χ3n) is 5.12. The molecule has 0 spiro atoms. The molecule has 3 nitrogen and oxygen atoms in total. The maximum absolute atomic E-state index is 12.7. The van der Waals surface area contributed by atoms with Crippen molar-refractivity contribution in [2.24, 2.45) is 0 Å². The summed E-state index contributed by atoms with van der Waals surface area (Å²) < 4.78 is 0. The highest BCUT2D eigenvalue weighted by Gasteiger charge is 2.25. The number of pyridine rings is 1. The number of nitrogens with zero attached hydrogens (tertiary/aromatic N) is 1. The molecule has 0 bridgehead atoms. The van der Waals surface area contributed by atoms with Gasteiger partial charge in [-0.1, -0.05) is 48.5 Å². The average molecular weight is 342 g/mol. The number of carbonyl (C=O) groups excluding carboxylic acids is 1. The summed E-state index contributed by atoms with van der Waals surface area (Å²) in [5.41, 5.74) is 5.93. The molecule has 0 aliphatic heterocycles. The van der Waals surface area contributed by atoms with Gasteiger partial charge in [0.2, 0.25) is 5.91 Å². The molecule has 1 amide bonds. The highest BCUT2D eigenvalue weighted by Crippen LogP contribution is 2.31. The first kappa shape index (κ1) is 16.5. The third kappa shape index (κ3) is 3.52. The minimum Gasteiger partial charge on any atom is -0.351 e. The van der Waals surface area contributed by atoms with Crippen molar-refractivity contribution in [1.29, 1.82) is 0 Å². The van der Waals surface area contributed by atoms with Crippen LogP contribution in [0.5, 0.6) is 0 Å². The van der Waals surface area contributed by atoms with E-state index in [2.05, 4.69) is 52.8 Å². The highest BCUT2D eigenvalue weighted by atomic mass is 16.1. The Kier molecular flexibility index (Phi) is 4.78. The predicted molar refractivity (Wildman–Crippen MR) is 104 cm³/mol. The molecule has 0 saturated heterocycles. The second kappa shape index (κ2) is 7.52. The van der Waals surface area contributed by atoms with Gasteiger partial charge in [-0.05, 0) is 59.2 Å². The number of carbonyl (C=O) groups is 1. The minimum absolute atomic E-state index is 0.0176. The van der Waals surface area contributed by atoms with Crippen molar-refractivity contribution in [3.8, 4) is 11.1 Å². The standard InChI is InChI=1S/C23H22N2O/c26-23(22-7-3-5-20-4-1-2-6-21(20)22)25-16-17-8-10-18(11-9-17)19-12-14-24-15-13-19/h1-2,4,6,8-15,22H,3,5,7,16H2,(H,25,26). The van der Waals surface area contributed by atoms with Crippen LogP contribution in [-0.4, -0.2) is 10.9 Å². The smallest absolute Gasteiger partial charge is 0.227 e. The molecular weight excluding hydrogens is 320 g/mol. The van der Waals surface area contributed by atoms with Crippen molar-refractivity contribution in [3.63, 3.8) is 0 Å². The topological polar surface area (TPSA) is 42.0 Å². The van der Waals surface area contributed by atoms with E-state index in [0.717, 1.165) is 36.0 Å². The molecule has 1 heterocycles. The van der Waals surface area contributed by atoms with Crippen LogP contribution in [0.1, 0.15) is 35.4 Å². The molecule has 0 fully saturated rings. The lowest BCUT2D eigenvalue weighted by Gasteiger charge is -2.24. The third-order valence-corrected chi connectivity index (χ3v) is 5.12. The SMILES string of the molecule is O=C(NCc1ccc(-c2ccncc2)cc1)C1CCCc2ccccc21. The van der Waals surface area contributed by atoms with Crippen molar-refractivity contribution in [2.75, 3.05) is 0 Å². The van der Waals surface area contributed by atoms with E-state index in [0.29, 0.717) is 6.54 Å². The molecule has 1 aromatic heterocycles. The monoisotopic (exact) mass is 342 g/mol. The lowest BCUT2D eigenvalue weighted by Crippen LogP contribution is -2.31. The van der Waals surface area contributed by atoms with Gasteiger partial charge in [0.25, 0.3) is 0 Å². The summed E-state index contributed by atoms with van der Waals surface area (Å²) in [6.45, 7) is 0.564. The van der Waals surface area contributed by atoms with Gasteiger partial charge in [-0.15, -0.1) is 0 Å². The summed E-state index contributed by atoms with van der Waals surface area (Å²) in [7, 11) is 0. The van der Waals surface area contributed by atoms with Gasteiger partial charge in [-0.25, -0.2) is 0 Å². The first-order chi connectivity index (χ1) is 12.8. The van der Waals surface area contributed by atoms with Gasteiger partial charge in [0, 0.05) is 18.9 Å². The Morgan fingerprint density at radius 2 is 1.69 bits per heavy atom. The number of rotatable bonds is 4. The maximum Gasteiger partial charge on any atom is 0.227 e. The van der Waals surface area contributed by atoms with E-state index >= 15 is 0 Å². The fourth-order valence-electron chi connectivity index (χ4n) is 3.70. The Morgan fingerprint density at radius 1 is 0.962 bits per heavy atom. The van der Waals surface area contributed by atoms with E-state index in [1.165, 1.54) is 11.1 Å². The number of hydrogen-bond acceptors (Lipinski definition) is 2. The van der Waals surface area contributed by atoms with Gasteiger partial charge < -0.3 is 5.32 Å². The normalized spacial score (nSPS) is 15.9. The van der Waals surface area contributed by atoms with Gasteiger partial charge in [0.1, 0.15) is 0 Å². The fraction of sp³-hybridized carbons (Fsp3) is 0.217. The second-order valence-electron chi connectivity index (χ2n) is 6.79. The minimum atomic E-state index is -0.0176. The summed E-state index contributed by atoms with van der Waals surface area (Å²) in [4.78, 5) is 16.8. The quantitative estimate of drug-likeness (QED) is 0.759. The molecule has 0 saturated carbocycles. The molecular formula is C23H22N2O. The van der Waals surface area contributed by atoms with E-state index in [1.54, 1.807) is 12.4 Å². The summed E-state index contributed by atoms with van der Waals surface area (Å²) >= 11 is 0. The number of nitrogens with one attached hydrogen (secondary N) is 1. The van der Waals surface area contributed by atoms with Crippen LogP contribution < -0.4 is 5.32 Å². The molecule has 3 aromatic rings. The fourth-order valence-corrected chi connectivity index (χ4v) is 3.70. The number of benzene rings is 2. The van der Waals surface area contributed by atoms with Crippen LogP contribution in [0.15, 0.2) is 73.1 Å².